The number of hydrogen-bond acceptors (Lipinski definition) is 5. The summed E-state index contributed by atoms with van der Waals surface area (Å²) in [6, 6.07) is 7.45. The average Bonchev–Trinajstić information content (AvgIpc) is 3.14. The molecule has 0 bridgehead atoms. The fourth-order valence-corrected chi connectivity index (χ4v) is 3.30. The van der Waals surface area contributed by atoms with Crippen molar-refractivity contribution in [3.8, 4) is 5.75 Å². The minimum absolute atomic E-state index is 0.0905. The second kappa shape index (κ2) is 7.36. The first-order chi connectivity index (χ1) is 11.5. The monoisotopic (exact) mass is 393 g/mol. The number of hydrogen-bond donors (Lipinski definition) is 2. The van der Waals surface area contributed by atoms with Crippen molar-refractivity contribution < 1.29 is 14.1 Å². The van der Waals surface area contributed by atoms with E-state index in [2.05, 4.69) is 26.4 Å². The van der Waals surface area contributed by atoms with Gasteiger partial charge in [0.05, 0.1) is 10.2 Å². The third kappa shape index (κ3) is 4.15. The molecule has 0 radical (unpaired) electrons. The molecule has 7 heteroatoms. The molecule has 2 atom stereocenters. The zero-order valence-corrected chi connectivity index (χ0v) is 15.0. The van der Waals surface area contributed by atoms with E-state index in [9.17, 15) is 4.79 Å². The molecule has 3 N–H and O–H groups in total. The number of ether oxygens (including phenoxy) is 1. The van der Waals surface area contributed by atoms with Crippen molar-refractivity contribution >= 4 is 21.8 Å². The van der Waals surface area contributed by atoms with Gasteiger partial charge in [0.1, 0.15) is 12.4 Å². The normalized spacial score (nSPS) is 20.1. The third-order valence-electron chi connectivity index (χ3n) is 4.05. The number of benzene rings is 1. The van der Waals surface area contributed by atoms with Crippen LogP contribution in [0.15, 0.2) is 33.3 Å². The molecular formula is C17H20BrN3O3. The second-order valence-corrected chi connectivity index (χ2v) is 6.97. The molecule has 128 valence electrons. The van der Waals surface area contributed by atoms with Crippen molar-refractivity contribution in [1.29, 1.82) is 0 Å². The molecule has 1 aliphatic rings. The Bertz CT molecular complexity index is 732. The van der Waals surface area contributed by atoms with Crippen LogP contribution in [-0.4, -0.2) is 23.1 Å². The molecule has 0 saturated heterocycles. The van der Waals surface area contributed by atoms with Crippen molar-refractivity contribution in [3.05, 3.63) is 45.8 Å². The highest BCUT2D eigenvalue weighted by Crippen LogP contribution is 2.27. The Balaban J connectivity index is 1.60. The largest absolute Gasteiger partial charge is 0.484 e. The summed E-state index contributed by atoms with van der Waals surface area (Å²) in [6.07, 6.45) is 2.74. The maximum atomic E-state index is 12.3. The summed E-state index contributed by atoms with van der Waals surface area (Å²) in [5, 5.41) is 6.84. The Morgan fingerprint density at radius 3 is 2.92 bits per heavy atom. The molecule has 1 aliphatic carbocycles. The molecule has 3 rings (SSSR count). The lowest BCUT2D eigenvalue weighted by Crippen LogP contribution is -2.34. The van der Waals surface area contributed by atoms with Crippen LogP contribution in [0.4, 0.5) is 0 Å². The number of halogens is 1. The third-order valence-corrected chi connectivity index (χ3v) is 4.67. The van der Waals surface area contributed by atoms with Crippen LogP contribution < -0.4 is 15.8 Å². The lowest BCUT2D eigenvalue weighted by atomic mass is 10.1. The van der Waals surface area contributed by atoms with Crippen LogP contribution in [-0.2, 0) is 6.61 Å². The molecule has 6 nitrogen and oxygen atoms in total. The Hall–Kier alpha value is -1.86. The molecule has 1 aromatic heterocycles. The Morgan fingerprint density at radius 1 is 1.46 bits per heavy atom. The van der Waals surface area contributed by atoms with Gasteiger partial charge >= 0.3 is 0 Å². The van der Waals surface area contributed by atoms with E-state index < -0.39 is 0 Å². The highest BCUT2D eigenvalue weighted by atomic mass is 79.9. The van der Waals surface area contributed by atoms with Gasteiger partial charge in [0.15, 0.2) is 5.76 Å². The van der Waals surface area contributed by atoms with Crippen LogP contribution in [0, 0.1) is 6.92 Å². The van der Waals surface area contributed by atoms with E-state index in [0.29, 0.717) is 17.1 Å². The summed E-state index contributed by atoms with van der Waals surface area (Å²) >= 11 is 3.45. The first-order valence-corrected chi connectivity index (χ1v) is 8.71. The summed E-state index contributed by atoms with van der Waals surface area (Å²) < 4.78 is 11.5. The van der Waals surface area contributed by atoms with Gasteiger partial charge in [-0.3, -0.25) is 4.79 Å². The molecule has 0 unspecified atom stereocenters. The standard InChI is InChI=1S/C17H20BrN3O3/c1-10-6-14(24-21-10)9-23-16-5-2-11(7-15(16)18)17(22)20-13-4-3-12(19)8-13/h2,5-7,12-13H,3-4,8-9,19H2,1H3,(H,20,22)/t12-,13+/m0/s1. The topological polar surface area (TPSA) is 90.4 Å². The first-order valence-electron chi connectivity index (χ1n) is 7.92. The Labute approximate surface area is 148 Å². The summed E-state index contributed by atoms with van der Waals surface area (Å²) in [7, 11) is 0. The number of amides is 1. The van der Waals surface area contributed by atoms with Gasteiger partial charge in [-0.25, -0.2) is 0 Å². The highest BCUT2D eigenvalue weighted by Gasteiger charge is 2.23. The number of carbonyl (C=O) groups excluding carboxylic acids is 1. The molecule has 0 aliphatic heterocycles. The number of carbonyl (C=O) groups is 1. The molecule has 1 aromatic carbocycles. The van der Waals surface area contributed by atoms with Crippen molar-refractivity contribution in [3.63, 3.8) is 0 Å². The van der Waals surface area contributed by atoms with Gasteiger partial charge in [0.2, 0.25) is 0 Å². The molecule has 0 spiro atoms. The highest BCUT2D eigenvalue weighted by molar-refractivity contribution is 9.10. The molecule has 1 saturated carbocycles. The SMILES string of the molecule is Cc1cc(COc2ccc(C(=O)N[C@@H]3CC[C@H](N)C3)cc2Br)on1. The smallest absolute Gasteiger partial charge is 0.251 e. The summed E-state index contributed by atoms with van der Waals surface area (Å²) in [4.78, 5) is 12.3. The quantitative estimate of drug-likeness (QED) is 0.814. The number of aromatic nitrogens is 1. The van der Waals surface area contributed by atoms with E-state index in [1.54, 1.807) is 18.2 Å². The van der Waals surface area contributed by atoms with Crippen LogP contribution in [0.2, 0.25) is 0 Å². The summed E-state index contributed by atoms with van der Waals surface area (Å²) in [6.45, 7) is 2.14. The lowest BCUT2D eigenvalue weighted by Gasteiger charge is -2.13. The number of nitrogens with two attached hydrogens (primary N) is 1. The van der Waals surface area contributed by atoms with E-state index in [-0.39, 0.29) is 24.6 Å². The zero-order chi connectivity index (χ0) is 17.1. The maximum absolute atomic E-state index is 12.3. The Kier molecular flexibility index (Phi) is 5.20. The molecule has 1 heterocycles. The van der Waals surface area contributed by atoms with Crippen LogP contribution in [0.3, 0.4) is 0 Å². The van der Waals surface area contributed by atoms with E-state index in [4.69, 9.17) is 15.0 Å². The molecule has 24 heavy (non-hydrogen) atoms. The zero-order valence-electron chi connectivity index (χ0n) is 13.4. The predicted octanol–water partition coefficient (Wildman–Crippen LogP) is 2.93. The van der Waals surface area contributed by atoms with Crippen molar-refractivity contribution in [2.24, 2.45) is 5.73 Å². The predicted molar refractivity (Wildman–Crippen MR) is 92.8 cm³/mol. The van der Waals surface area contributed by atoms with Gasteiger partial charge in [-0.1, -0.05) is 5.16 Å². The Morgan fingerprint density at radius 2 is 2.29 bits per heavy atom. The van der Waals surface area contributed by atoms with Crippen molar-refractivity contribution in [2.75, 3.05) is 0 Å². The van der Waals surface area contributed by atoms with Gasteiger partial charge in [-0.15, -0.1) is 0 Å². The van der Waals surface area contributed by atoms with Crippen LogP contribution >= 0.6 is 15.9 Å². The van der Waals surface area contributed by atoms with Gasteiger partial charge in [0, 0.05) is 23.7 Å². The van der Waals surface area contributed by atoms with Crippen LogP contribution in [0.5, 0.6) is 5.75 Å². The number of nitrogens with one attached hydrogen (secondary N) is 1. The minimum atomic E-state index is -0.0905. The van der Waals surface area contributed by atoms with Crippen molar-refractivity contribution in [1.82, 2.24) is 10.5 Å². The molecule has 2 aromatic rings. The van der Waals surface area contributed by atoms with Crippen molar-refractivity contribution in [2.45, 2.75) is 44.9 Å². The number of nitrogens with zero attached hydrogens (tertiary/aromatic N) is 1. The summed E-state index contributed by atoms with van der Waals surface area (Å²) in [5.41, 5.74) is 7.28. The molecule has 1 fully saturated rings. The first kappa shape index (κ1) is 17.0. The van der Waals surface area contributed by atoms with Crippen LogP contribution in [0.25, 0.3) is 0 Å². The van der Waals surface area contributed by atoms with Gasteiger partial charge in [-0.2, -0.15) is 0 Å². The number of rotatable bonds is 5. The second-order valence-electron chi connectivity index (χ2n) is 6.11. The minimum Gasteiger partial charge on any atom is -0.484 e. The fraction of sp³-hybridized carbons (Fsp3) is 0.412. The molecule has 1 amide bonds. The maximum Gasteiger partial charge on any atom is 0.251 e. The van der Waals surface area contributed by atoms with Gasteiger partial charge < -0.3 is 20.3 Å². The van der Waals surface area contributed by atoms with Gasteiger partial charge in [0.25, 0.3) is 5.91 Å². The van der Waals surface area contributed by atoms with Gasteiger partial charge in [-0.05, 0) is 60.3 Å². The van der Waals surface area contributed by atoms with Crippen LogP contribution in [0.1, 0.15) is 41.1 Å². The van der Waals surface area contributed by atoms with E-state index >= 15 is 0 Å². The van der Waals surface area contributed by atoms with E-state index in [1.807, 2.05) is 13.0 Å². The average molecular weight is 394 g/mol. The molecular weight excluding hydrogens is 374 g/mol. The number of aryl methyl sites for hydroxylation is 1. The lowest BCUT2D eigenvalue weighted by molar-refractivity contribution is 0.0937. The van der Waals surface area contributed by atoms with E-state index in [1.165, 1.54) is 0 Å². The van der Waals surface area contributed by atoms with E-state index in [0.717, 1.165) is 29.4 Å². The summed E-state index contributed by atoms with van der Waals surface area (Å²) in [5.74, 6) is 1.20. The fourth-order valence-electron chi connectivity index (χ4n) is 2.81.